The molecule has 256 valence electrons. The summed E-state index contributed by atoms with van der Waals surface area (Å²) in [6.07, 6.45) is 2.19. The predicted molar refractivity (Wildman–Crippen MR) is 176 cm³/mol. The van der Waals surface area contributed by atoms with Crippen LogP contribution in [0.15, 0.2) is 30.3 Å². The molecule has 0 aliphatic carbocycles. The highest BCUT2D eigenvalue weighted by Gasteiger charge is 2.37. The van der Waals surface area contributed by atoms with Crippen molar-refractivity contribution in [2.45, 2.75) is 83.3 Å². The van der Waals surface area contributed by atoms with E-state index in [1.165, 1.54) is 12.1 Å². The molecule has 2 aromatic rings. The summed E-state index contributed by atoms with van der Waals surface area (Å²) in [5.41, 5.74) is 2.25. The van der Waals surface area contributed by atoms with Crippen molar-refractivity contribution in [3.63, 3.8) is 0 Å². The summed E-state index contributed by atoms with van der Waals surface area (Å²) >= 11 is 0. The van der Waals surface area contributed by atoms with Crippen LogP contribution in [0.4, 0.5) is 10.1 Å². The monoisotopic (exact) mass is 652 g/mol. The van der Waals surface area contributed by atoms with Gasteiger partial charge in [-0.3, -0.25) is 19.4 Å². The number of carbonyl (C=O) groups is 2. The van der Waals surface area contributed by atoms with E-state index in [0.29, 0.717) is 56.1 Å². The van der Waals surface area contributed by atoms with Gasteiger partial charge in [-0.1, -0.05) is 12.1 Å². The molecule has 6 atom stereocenters. The number of pyridine rings is 1. The largest absolute Gasteiger partial charge is 0.474 e. The van der Waals surface area contributed by atoms with Crippen LogP contribution >= 0.6 is 0 Å². The zero-order chi connectivity index (χ0) is 33.1. The molecule has 47 heavy (non-hydrogen) atoms. The molecule has 4 aliphatic rings. The molecule has 0 spiro atoms. The normalized spacial score (nSPS) is 28.5. The summed E-state index contributed by atoms with van der Waals surface area (Å²) in [6, 6.07) is 8.88. The van der Waals surface area contributed by atoms with E-state index in [4.69, 9.17) is 19.2 Å². The maximum atomic E-state index is 14.3. The average Bonchev–Trinajstić information content (AvgIpc) is 3.57. The lowest BCUT2D eigenvalue weighted by molar-refractivity contribution is -0.122. The quantitative estimate of drug-likeness (QED) is 0.423. The van der Waals surface area contributed by atoms with Crippen LogP contribution in [-0.2, 0) is 20.7 Å². The van der Waals surface area contributed by atoms with Crippen molar-refractivity contribution in [3.05, 3.63) is 53.0 Å². The second-order valence-corrected chi connectivity index (χ2v) is 13.7. The number of halogens is 1. The number of hydrogen-bond acceptors (Lipinski definition) is 9. The Morgan fingerprint density at radius 2 is 1.83 bits per heavy atom. The van der Waals surface area contributed by atoms with E-state index in [9.17, 15) is 14.0 Å². The van der Waals surface area contributed by atoms with Gasteiger partial charge >= 0.3 is 0 Å². The van der Waals surface area contributed by atoms with Crippen molar-refractivity contribution in [1.29, 1.82) is 0 Å². The number of hydrogen-bond donors (Lipinski definition) is 2. The number of nitrogens with one attached hydrogen (secondary N) is 2. The van der Waals surface area contributed by atoms with Gasteiger partial charge in [0.05, 0.1) is 31.9 Å². The lowest BCUT2D eigenvalue weighted by Gasteiger charge is -2.46. The van der Waals surface area contributed by atoms with E-state index < -0.39 is 0 Å². The molecule has 0 saturated carbocycles. The zero-order valence-electron chi connectivity index (χ0n) is 28.0. The van der Waals surface area contributed by atoms with Gasteiger partial charge in [-0.2, -0.15) is 0 Å². The van der Waals surface area contributed by atoms with Gasteiger partial charge in [0, 0.05) is 57.0 Å². The first kappa shape index (κ1) is 33.7. The second-order valence-electron chi connectivity index (χ2n) is 13.7. The lowest BCUT2D eigenvalue weighted by atomic mass is 10.0. The molecule has 11 nitrogen and oxygen atoms in total. The fourth-order valence-electron chi connectivity index (χ4n) is 7.24. The van der Waals surface area contributed by atoms with E-state index >= 15 is 0 Å². The summed E-state index contributed by atoms with van der Waals surface area (Å²) < 4.78 is 31.2. The fourth-order valence-corrected chi connectivity index (χ4v) is 7.24. The van der Waals surface area contributed by atoms with Crippen LogP contribution in [0, 0.1) is 5.82 Å². The Labute approximate surface area is 277 Å². The highest BCUT2D eigenvalue weighted by atomic mass is 19.1. The molecule has 0 radical (unpaired) electrons. The number of benzene rings is 1. The maximum Gasteiger partial charge on any atom is 0.270 e. The Morgan fingerprint density at radius 1 is 1.06 bits per heavy atom. The number of ether oxygens (including phenoxy) is 3. The van der Waals surface area contributed by atoms with Crippen LogP contribution in [0.1, 0.15) is 62.2 Å². The number of piperazine rings is 1. The van der Waals surface area contributed by atoms with Gasteiger partial charge in [-0.25, -0.2) is 9.37 Å². The number of rotatable bonds is 9. The number of carbonyl (C=O) groups excluding carboxylic acids is 2. The molecule has 5 heterocycles. The number of aromatic nitrogens is 1. The Bertz CT molecular complexity index is 1400. The van der Waals surface area contributed by atoms with E-state index in [0.717, 1.165) is 38.0 Å². The summed E-state index contributed by atoms with van der Waals surface area (Å²) in [4.78, 5) is 39.1. The zero-order valence-corrected chi connectivity index (χ0v) is 28.0. The van der Waals surface area contributed by atoms with Gasteiger partial charge in [0.15, 0.2) is 0 Å². The topological polar surface area (TPSA) is 109 Å². The average molecular weight is 653 g/mol. The minimum absolute atomic E-state index is 0.0199. The van der Waals surface area contributed by atoms with E-state index in [1.54, 1.807) is 17.0 Å². The van der Waals surface area contributed by atoms with Crippen LogP contribution in [0.2, 0.25) is 0 Å². The molecule has 4 aliphatic heterocycles. The van der Waals surface area contributed by atoms with Crippen LogP contribution in [-0.4, -0.2) is 122 Å². The number of nitrogens with zero attached hydrogens (tertiary/aromatic N) is 4. The van der Waals surface area contributed by atoms with E-state index in [2.05, 4.69) is 41.2 Å². The van der Waals surface area contributed by atoms with Crippen molar-refractivity contribution >= 4 is 17.5 Å². The molecule has 2 N–H and O–H groups in total. The van der Waals surface area contributed by atoms with Crippen molar-refractivity contribution in [2.24, 2.45) is 0 Å². The Hall–Kier alpha value is -3.16. The van der Waals surface area contributed by atoms with Crippen LogP contribution < -0.4 is 20.3 Å². The summed E-state index contributed by atoms with van der Waals surface area (Å²) in [5.74, 6) is -0.425. The Kier molecular flexibility index (Phi) is 10.7. The fraction of sp³-hybridized carbons (Fsp3) is 0.629. The number of fused-ring (bicyclic) bond motifs is 1. The van der Waals surface area contributed by atoms with Crippen LogP contribution in [0.5, 0.6) is 5.88 Å². The van der Waals surface area contributed by atoms with Gasteiger partial charge in [-0.05, 0) is 76.3 Å². The van der Waals surface area contributed by atoms with Gasteiger partial charge in [0.1, 0.15) is 23.8 Å². The summed E-state index contributed by atoms with van der Waals surface area (Å²) in [5, 5.41) is 6.60. The summed E-state index contributed by atoms with van der Waals surface area (Å²) in [7, 11) is 0. The van der Waals surface area contributed by atoms with Gasteiger partial charge in [-0.15, -0.1) is 0 Å². The second kappa shape index (κ2) is 14.9. The Balaban J connectivity index is 1.26. The Morgan fingerprint density at radius 3 is 2.55 bits per heavy atom. The van der Waals surface area contributed by atoms with Crippen LogP contribution in [0.3, 0.4) is 0 Å². The lowest BCUT2D eigenvalue weighted by Crippen LogP contribution is -2.63. The van der Waals surface area contributed by atoms with Crippen molar-refractivity contribution < 1.29 is 28.2 Å². The van der Waals surface area contributed by atoms with Gasteiger partial charge < -0.3 is 29.7 Å². The third kappa shape index (κ3) is 7.94. The SMILES string of the molecule is C[C@@H]1CN(CC(=O)N2c3cc(Cc4ccc(F)cc4)c(C(=O)NC[C@@H]4CCCO4)nc3OC[C@@H]2C)[C@@H](CN2[C@H](C)COC[C@H]2C)CN1. The standard InChI is InChI=1S/C35H49FN6O5/c1-22-16-40(29(14-37-22)17-41-23(2)19-45-20-24(41)3)18-32(43)42-25(4)21-47-35-31(42)13-27(12-26-7-9-28(36)10-8-26)33(39-35)34(44)38-15-30-6-5-11-46-30/h7-10,13,22-25,29-30,37H,5-6,11-12,14-21H2,1-4H3,(H,38,44)/t22-,23-,24-,25+,29-,30+/m1/s1. The highest BCUT2D eigenvalue weighted by molar-refractivity contribution is 5.99. The smallest absolute Gasteiger partial charge is 0.270 e. The van der Waals surface area contributed by atoms with Crippen molar-refractivity contribution in [3.8, 4) is 5.88 Å². The number of anilines is 1. The molecule has 3 fully saturated rings. The molecule has 1 aromatic carbocycles. The van der Waals surface area contributed by atoms with Crippen molar-refractivity contribution in [1.82, 2.24) is 25.4 Å². The van der Waals surface area contributed by atoms with E-state index in [1.807, 2.05) is 13.0 Å². The molecule has 2 amide bonds. The number of morpholine rings is 1. The predicted octanol–water partition coefficient (Wildman–Crippen LogP) is 2.61. The molecule has 1 aromatic heterocycles. The molecule has 6 rings (SSSR count). The molecule has 3 saturated heterocycles. The number of amides is 2. The minimum atomic E-state index is -0.330. The van der Waals surface area contributed by atoms with Gasteiger partial charge in [0.25, 0.3) is 5.91 Å². The van der Waals surface area contributed by atoms with Crippen molar-refractivity contribution in [2.75, 3.05) is 64.1 Å². The third-order valence-corrected chi connectivity index (χ3v) is 9.85. The molecule has 12 heteroatoms. The minimum Gasteiger partial charge on any atom is -0.474 e. The van der Waals surface area contributed by atoms with Crippen LogP contribution in [0.25, 0.3) is 0 Å². The first-order chi connectivity index (χ1) is 22.7. The van der Waals surface area contributed by atoms with E-state index in [-0.39, 0.29) is 66.6 Å². The molecular weight excluding hydrogens is 603 g/mol. The molecule has 0 bridgehead atoms. The molecule has 0 unspecified atom stereocenters. The maximum absolute atomic E-state index is 14.3. The first-order valence-corrected chi connectivity index (χ1v) is 17.1. The molecular formula is C35H49FN6O5. The summed E-state index contributed by atoms with van der Waals surface area (Å²) in [6.45, 7) is 14.0. The van der Waals surface area contributed by atoms with Gasteiger partial charge in [0.2, 0.25) is 11.8 Å². The highest BCUT2D eigenvalue weighted by Crippen LogP contribution is 2.35. The third-order valence-electron chi connectivity index (χ3n) is 9.85. The first-order valence-electron chi connectivity index (χ1n) is 17.1.